The zero-order valence-electron chi connectivity index (χ0n) is 18.4. The number of aliphatic imine (C=N–C) groups is 1. The summed E-state index contributed by atoms with van der Waals surface area (Å²) in [6.45, 7) is 8.39. The summed E-state index contributed by atoms with van der Waals surface area (Å²) in [5, 5.41) is 7.30. The molecule has 8 nitrogen and oxygen atoms in total. The van der Waals surface area contributed by atoms with Crippen LogP contribution in [0.5, 0.6) is 0 Å². The molecular formula is C22H27N5O3S. The van der Waals surface area contributed by atoms with Crippen LogP contribution >= 0.6 is 11.3 Å². The van der Waals surface area contributed by atoms with Crippen molar-refractivity contribution >= 4 is 23.3 Å². The van der Waals surface area contributed by atoms with Crippen LogP contribution in [0.1, 0.15) is 51.5 Å². The quantitative estimate of drug-likeness (QED) is 0.324. The highest BCUT2D eigenvalue weighted by Crippen LogP contribution is 2.24. The number of carbonyl (C=O) groups excluding carboxylic acids is 1. The molecule has 0 spiro atoms. The third kappa shape index (κ3) is 5.69. The monoisotopic (exact) mass is 441 g/mol. The predicted octanol–water partition coefficient (Wildman–Crippen LogP) is 4.02. The fourth-order valence-corrected chi connectivity index (χ4v) is 3.80. The Hall–Kier alpha value is -3.20. The Morgan fingerprint density at radius 3 is 2.68 bits per heavy atom. The molecule has 9 heteroatoms. The first-order valence-corrected chi connectivity index (χ1v) is 10.9. The van der Waals surface area contributed by atoms with Gasteiger partial charge in [-0.05, 0) is 39.8 Å². The van der Waals surface area contributed by atoms with Crippen LogP contribution in [0.15, 0.2) is 39.9 Å². The largest absolute Gasteiger partial charge is 0.462 e. The van der Waals surface area contributed by atoms with E-state index < -0.39 is 0 Å². The number of nitrogens with one attached hydrogen (secondary N) is 2. The molecule has 0 aliphatic heterocycles. The molecule has 0 fully saturated rings. The van der Waals surface area contributed by atoms with Crippen molar-refractivity contribution in [3.8, 4) is 11.5 Å². The summed E-state index contributed by atoms with van der Waals surface area (Å²) < 4.78 is 10.7. The minimum absolute atomic E-state index is 0.140. The summed E-state index contributed by atoms with van der Waals surface area (Å²) >= 11 is 1.33. The smallest absolute Gasteiger partial charge is 0.350 e. The van der Waals surface area contributed by atoms with E-state index >= 15 is 0 Å². The van der Waals surface area contributed by atoms with Crippen molar-refractivity contribution in [3.05, 3.63) is 57.4 Å². The second-order valence-corrected chi connectivity index (χ2v) is 8.02. The molecule has 0 amide bonds. The SMILES string of the molecule is CCOC(=O)c1sc(C(C)NC(=NC)NCc2coc(-c3ccc(C)cc3)n2)nc1C. The first-order chi connectivity index (χ1) is 14.9. The number of oxazole rings is 1. The molecule has 1 atom stereocenters. The lowest BCUT2D eigenvalue weighted by Gasteiger charge is -2.15. The lowest BCUT2D eigenvalue weighted by atomic mass is 10.1. The molecule has 2 heterocycles. The predicted molar refractivity (Wildman–Crippen MR) is 121 cm³/mol. The van der Waals surface area contributed by atoms with Gasteiger partial charge in [0, 0.05) is 12.6 Å². The van der Waals surface area contributed by atoms with Crippen LogP contribution in [0, 0.1) is 13.8 Å². The van der Waals surface area contributed by atoms with Gasteiger partial charge in [0.1, 0.15) is 16.1 Å². The zero-order valence-corrected chi connectivity index (χ0v) is 19.2. The van der Waals surface area contributed by atoms with Crippen LogP contribution in [-0.4, -0.2) is 35.6 Å². The number of ether oxygens (including phenoxy) is 1. The Balaban J connectivity index is 1.59. The van der Waals surface area contributed by atoms with Gasteiger partial charge in [0.05, 0.1) is 30.6 Å². The number of benzene rings is 1. The first kappa shape index (κ1) is 22.5. The van der Waals surface area contributed by atoms with E-state index in [9.17, 15) is 4.79 Å². The normalized spacial score (nSPS) is 12.5. The Morgan fingerprint density at radius 1 is 1.26 bits per heavy atom. The van der Waals surface area contributed by atoms with Crippen molar-refractivity contribution in [1.82, 2.24) is 20.6 Å². The van der Waals surface area contributed by atoms with Crippen molar-refractivity contribution in [1.29, 1.82) is 0 Å². The van der Waals surface area contributed by atoms with Gasteiger partial charge in [0.15, 0.2) is 5.96 Å². The number of hydrogen-bond donors (Lipinski definition) is 2. The number of nitrogens with zero attached hydrogens (tertiary/aromatic N) is 3. The third-order valence-electron chi connectivity index (χ3n) is 4.51. The number of aromatic nitrogens is 2. The maximum Gasteiger partial charge on any atom is 0.350 e. The fourth-order valence-electron chi connectivity index (χ4n) is 2.84. The van der Waals surface area contributed by atoms with Gasteiger partial charge in [0.2, 0.25) is 5.89 Å². The lowest BCUT2D eigenvalue weighted by Crippen LogP contribution is -2.38. The van der Waals surface area contributed by atoms with Gasteiger partial charge < -0.3 is 19.8 Å². The van der Waals surface area contributed by atoms with Crippen LogP contribution in [0.25, 0.3) is 11.5 Å². The first-order valence-electron chi connectivity index (χ1n) is 10.0. The second-order valence-electron chi connectivity index (χ2n) is 6.99. The van der Waals surface area contributed by atoms with E-state index in [1.54, 1.807) is 20.2 Å². The van der Waals surface area contributed by atoms with Gasteiger partial charge in [-0.2, -0.15) is 0 Å². The highest BCUT2D eigenvalue weighted by molar-refractivity contribution is 7.13. The van der Waals surface area contributed by atoms with E-state index in [1.807, 2.05) is 45.0 Å². The van der Waals surface area contributed by atoms with E-state index in [1.165, 1.54) is 16.9 Å². The average Bonchev–Trinajstić information content (AvgIpc) is 3.38. The minimum atomic E-state index is -0.339. The molecule has 2 aromatic heterocycles. The van der Waals surface area contributed by atoms with E-state index in [4.69, 9.17) is 9.15 Å². The molecule has 164 valence electrons. The molecule has 0 bridgehead atoms. The van der Waals surface area contributed by atoms with Crippen LogP contribution in [0.2, 0.25) is 0 Å². The second kappa shape index (κ2) is 10.2. The maximum atomic E-state index is 12.0. The molecule has 3 rings (SSSR count). The van der Waals surface area contributed by atoms with Crippen molar-refractivity contribution in [2.24, 2.45) is 4.99 Å². The maximum absolute atomic E-state index is 12.0. The van der Waals surface area contributed by atoms with Gasteiger partial charge in [-0.15, -0.1) is 11.3 Å². The Labute approximate surface area is 185 Å². The van der Waals surface area contributed by atoms with Gasteiger partial charge in [0.25, 0.3) is 0 Å². The summed E-state index contributed by atoms with van der Waals surface area (Å²) in [6, 6.07) is 7.89. The molecular weight excluding hydrogens is 414 g/mol. The lowest BCUT2D eigenvalue weighted by molar-refractivity contribution is 0.0531. The minimum Gasteiger partial charge on any atom is -0.462 e. The summed E-state index contributed by atoms with van der Waals surface area (Å²) in [5.41, 5.74) is 3.55. The molecule has 0 saturated carbocycles. The summed E-state index contributed by atoms with van der Waals surface area (Å²) in [6.07, 6.45) is 1.63. The van der Waals surface area contributed by atoms with E-state index in [-0.39, 0.29) is 12.0 Å². The molecule has 1 aromatic carbocycles. The molecule has 0 aliphatic rings. The molecule has 0 saturated heterocycles. The molecule has 0 aliphatic carbocycles. The Morgan fingerprint density at radius 2 is 2.00 bits per heavy atom. The summed E-state index contributed by atoms with van der Waals surface area (Å²) in [4.78, 5) is 25.9. The highest BCUT2D eigenvalue weighted by atomic mass is 32.1. The van der Waals surface area contributed by atoms with Crippen molar-refractivity contribution < 1.29 is 13.9 Å². The van der Waals surface area contributed by atoms with E-state index in [2.05, 4.69) is 25.6 Å². The summed E-state index contributed by atoms with van der Waals surface area (Å²) in [5.74, 6) is 0.838. The third-order valence-corrected chi connectivity index (χ3v) is 5.83. The Kier molecular flexibility index (Phi) is 7.41. The number of guanidine groups is 1. The van der Waals surface area contributed by atoms with Crippen molar-refractivity contribution in [2.75, 3.05) is 13.7 Å². The number of carbonyl (C=O) groups is 1. The Bertz CT molecular complexity index is 1060. The number of hydrogen-bond acceptors (Lipinski definition) is 7. The van der Waals surface area contributed by atoms with Crippen molar-refractivity contribution in [2.45, 2.75) is 40.3 Å². The van der Waals surface area contributed by atoms with E-state index in [0.29, 0.717) is 35.6 Å². The topological polar surface area (TPSA) is 102 Å². The van der Waals surface area contributed by atoms with Gasteiger partial charge >= 0.3 is 5.97 Å². The van der Waals surface area contributed by atoms with Gasteiger partial charge in [-0.3, -0.25) is 4.99 Å². The molecule has 31 heavy (non-hydrogen) atoms. The molecule has 0 radical (unpaired) electrons. The van der Waals surface area contributed by atoms with E-state index in [0.717, 1.165) is 16.3 Å². The van der Waals surface area contributed by atoms with Crippen LogP contribution in [0.4, 0.5) is 0 Å². The average molecular weight is 442 g/mol. The number of esters is 1. The molecule has 1 unspecified atom stereocenters. The van der Waals surface area contributed by atoms with Crippen LogP contribution in [-0.2, 0) is 11.3 Å². The van der Waals surface area contributed by atoms with Crippen molar-refractivity contribution in [3.63, 3.8) is 0 Å². The van der Waals surface area contributed by atoms with Gasteiger partial charge in [-0.25, -0.2) is 14.8 Å². The van der Waals surface area contributed by atoms with Crippen LogP contribution < -0.4 is 10.6 Å². The zero-order chi connectivity index (χ0) is 22.4. The number of aryl methyl sites for hydroxylation is 2. The molecule has 2 N–H and O–H groups in total. The number of thiazole rings is 1. The molecule has 3 aromatic rings. The fraction of sp³-hybridized carbons (Fsp3) is 0.364. The number of rotatable bonds is 7. The standard InChI is InChI=1S/C22H27N5O3S/c1-6-29-21(28)18-14(3)25-20(31-18)15(4)26-22(23-5)24-11-17-12-30-19(27-17)16-9-7-13(2)8-10-16/h7-10,12,15H,6,11H2,1-5H3,(H2,23,24,26). The highest BCUT2D eigenvalue weighted by Gasteiger charge is 2.20. The summed E-state index contributed by atoms with van der Waals surface area (Å²) in [7, 11) is 1.69. The van der Waals surface area contributed by atoms with Crippen LogP contribution in [0.3, 0.4) is 0 Å². The van der Waals surface area contributed by atoms with Gasteiger partial charge in [-0.1, -0.05) is 17.7 Å².